The molecule has 1 aromatic carbocycles. The van der Waals surface area contributed by atoms with Gasteiger partial charge in [0.05, 0.1) is 6.61 Å². The Kier molecular flexibility index (Phi) is 4.81. The fraction of sp³-hybridized carbons (Fsp3) is 0.423. The van der Waals surface area contributed by atoms with Crippen molar-refractivity contribution in [3.8, 4) is 17.3 Å². The molecule has 2 aliphatic carbocycles. The molecule has 4 atom stereocenters. The van der Waals surface area contributed by atoms with E-state index in [9.17, 15) is 13.2 Å². The third kappa shape index (κ3) is 3.70. The first-order valence-electron chi connectivity index (χ1n) is 12.3. The number of likely N-dealkylation sites (tertiary alicyclic amines) is 1. The molecule has 4 heterocycles. The van der Waals surface area contributed by atoms with Crippen LogP contribution in [0.5, 0.6) is 5.75 Å². The van der Waals surface area contributed by atoms with E-state index in [4.69, 9.17) is 15.5 Å². The number of pyridine rings is 2. The van der Waals surface area contributed by atoms with E-state index in [0.29, 0.717) is 54.0 Å². The van der Waals surface area contributed by atoms with Gasteiger partial charge in [-0.3, -0.25) is 9.30 Å². The molecule has 2 N–H and O–H groups in total. The van der Waals surface area contributed by atoms with Gasteiger partial charge in [-0.1, -0.05) is 24.3 Å². The number of aromatic nitrogens is 4. The third-order valence-electron chi connectivity index (χ3n) is 7.79. The van der Waals surface area contributed by atoms with E-state index in [1.165, 1.54) is 30.0 Å². The van der Waals surface area contributed by atoms with E-state index in [-0.39, 0.29) is 23.4 Å². The maximum Gasteiger partial charge on any atom is 0.408 e. The van der Waals surface area contributed by atoms with Crippen molar-refractivity contribution < 1.29 is 17.9 Å². The van der Waals surface area contributed by atoms with E-state index in [0.717, 1.165) is 5.39 Å². The van der Waals surface area contributed by atoms with Gasteiger partial charge in [0.2, 0.25) is 0 Å². The molecule has 0 spiro atoms. The molecule has 1 saturated heterocycles. The maximum atomic E-state index is 14.3. The van der Waals surface area contributed by atoms with Crippen LogP contribution in [0.3, 0.4) is 0 Å². The summed E-state index contributed by atoms with van der Waals surface area (Å²) in [4.78, 5) is 6.30. The molecule has 7 rings (SSSR count). The summed E-state index contributed by atoms with van der Waals surface area (Å²) >= 11 is 0. The fourth-order valence-corrected chi connectivity index (χ4v) is 5.52. The van der Waals surface area contributed by atoms with Crippen molar-refractivity contribution in [3.05, 3.63) is 54.2 Å². The van der Waals surface area contributed by atoms with Gasteiger partial charge in [-0.25, -0.2) is 4.98 Å². The fourth-order valence-electron chi connectivity index (χ4n) is 5.52. The highest BCUT2D eigenvalue weighted by Crippen LogP contribution is 2.49. The molecule has 0 radical (unpaired) electrons. The number of fused-ring (bicyclic) bond motifs is 3. The highest BCUT2D eigenvalue weighted by atomic mass is 19.4. The Hall–Kier alpha value is -3.24. The highest BCUT2D eigenvalue weighted by molar-refractivity contribution is 5.86. The van der Waals surface area contributed by atoms with Crippen molar-refractivity contribution in [1.29, 1.82) is 0 Å². The van der Waals surface area contributed by atoms with Crippen molar-refractivity contribution in [1.82, 2.24) is 24.5 Å². The first-order valence-corrected chi connectivity index (χ1v) is 12.3. The summed E-state index contributed by atoms with van der Waals surface area (Å²) in [5, 5.41) is 9.38. The summed E-state index contributed by atoms with van der Waals surface area (Å²) in [6.07, 6.45) is -0.560. The molecule has 2 saturated carbocycles. The lowest BCUT2D eigenvalue weighted by Gasteiger charge is -2.31. The summed E-state index contributed by atoms with van der Waals surface area (Å²) in [6, 6.07) is 10.9. The zero-order valence-electron chi connectivity index (χ0n) is 19.4. The van der Waals surface area contributed by atoms with Crippen LogP contribution < -0.4 is 10.5 Å². The summed E-state index contributed by atoms with van der Waals surface area (Å²) in [6.45, 7) is 1.38. The van der Waals surface area contributed by atoms with Gasteiger partial charge >= 0.3 is 6.18 Å². The first kappa shape index (κ1) is 22.0. The first-order chi connectivity index (χ1) is 17.4. The molecule has 10 heteroatoms. The minimum Gasteiger partial charge on any atom is -0.491 e. The van der Waals surface area contributed by atoms with Crippen LogP contribution in [-0.2, 0) is 0 Å². The summed E-state index contributed by atoms with van der Waals surface area (Å²) in [5.41, 5.74) is 7.80. The third-order valence-corrected chi connectivity index (χ3v) is 7.79. The Balaban J connectivity index is 1.27. The number of nitrogens with two attached hydrogens (primary N) is 1. The van der Waals surface area contributed by atoms with Crippen molar-refractivity contribution >= 4 is 16.6 Å². The second kappa shape index (κ2) is 7.88. The number of hydrogen-bond acceptors (Lipinski definition) is 6. The Bertz CT molecular complexity index is 1450. The zero-order valence-corrected chi connectivity index (χ0v) is 19.4. The minimum absolute atomic E-state index is 0.0270. The van der Waals surface area contributed by atoms with Crippen LogP contribution in [0.1, 0.15) is 24.4 Å². The molecule has 7 nitrogen and oxygen atoms in total. The lowest BCUT2D eigenvalue weighted by molar-refractivity contribution is -0.185. The summed E-state index contributed by atoms with van der Waals surface area (Å²) < 4.78 is 50.4. The summed E-state index contributed by atoms with van der Waals surface area (Å²) in [7, 11) is 0. The van der Waals surface area contributed by atoms with Crippen molar-refractivity contribution in [2.45, 2.75) is 31.1 Å². The Labute approximate surface area is 205 Å². The van der Waals surface area contributed by atoms with Crippen molar-refractivity contribution in [3.63, 3.8) is 0 Å². The van der Waals surface area contributed by atoms with Gasteiger partial charge in [-0.15, -0.1) is 10.2 Å². The predicted molar refractivity (Wildman–Crippen MR) is 127 cm³/mol. The molecular weight excluding hydrogens is 469 g/mol. The standard InChI is InChI=1S/C26H25F3N6O/c27-26(28,29)24(34-11-17-18(12-34)22(17)30)16-7-9-21-32-33-25(35(21)10-16)19-8-6-15-2-1-3-20(23(15)31-19)36-13-14-4-5-14/h1-3,6-10,14,17-18,22,24H,4-5,11-13,30H2/t17-,18+,22+,24?. The molecule has 36 heavy (non-hydrogen) atoms. The normalized spacial score (nSPS) is 24.8. The SMILES string of the molecule is N[C@@H]1[C@H]2CN(C(c3ccc4nnc(-c5ccc6cccc(OCC7CC7)c6n5)n4c3)C(F)(F)F)C[C@@H]12. The highest BCUT2D eigenvalue weighted by Gasteiger charge is 2.58. The number of piperidine rings is 1. The van der Waals surface area contributed by atoms with Gasteiger partial charge in [0.25, 0.3) is 0 Å². The number of rotatable bonds is 6. The number of para-hydroxylation sites is 1. The largest absolute Gasteiger partial charge is 0.491 e. The topological polar surface area (TPSA) is 81.6 Å². The van der Waals surface area contributed by atoms with E-state index in [2.05, 4.69) is 10.2 Å². The number of alkyl halides is 3. The van der Waals surface area contributed by atoms with Gasteiger partial charge < -0.3 is 10.5 Å². The van der Waals surface area contributed by atoms with Gasteiger partial charge in [-0.05, 0) is 54.4 Å². The Morgan fingerprint density at radius 1 is 1.03 bits per heavy atom. The van der Waals surface area contributed by atoms with Crippen LogP contribution in [0.25, 0.3) is 28.1 Å². The molecule has 186 valence electrons. The number of nitrogens with zero attached hydrogens (tertiary/aromatic N) is 5. The van der Waals surface area contributed by atoms with Crippen LogP contribution in [-0.4, -0.2) is 56.4 Å². The van der Waals surface area contributed by atoms with Gasteiger partial charge in [-0.2, -0.15) is 13.2 Å². The minimum atomic E-state index is -4.42. The van der Waals surface area contributed by atoms with E-state index in [1.807, 2.05) is 30.3 Å². The maximum absolute atomic E-state index is 14.3. The van der Waals surface area contributed by atoms with Gasteiger partial charge in [0.15, 0.2) is 11.5 Å². The molecule has 3 fully saturated rings. The van der Waals surface area contributed by atoms with E-state index < -0.39 is 12.2 Å². The molecule has 0 amide bonds. The van der Waals surface area contributed by atoms with E-state index >= 15 is 0 Å². The molecule has 1 unspecified atom stereocenters. The van der Waals surface area contributed by atoms with Gasteiger partial charge in [0.1, 0.15) is 23.0 Å². The number of ether oxygens (including phenoxy) is 1. The van der Waals surface area contributed by atoms with Crippen LogP contribution >= 0.6 is 0 Å². The molecule has 3 aromatic heterocycles. The average molecular weight is 495 g/mol. The Morgan fingerprint density at radius 2 is 1.83 bits per heavy atom. The lowest BCUT2D eigenvalue weighted by Crippen LogP contribution is -2.40. The van der Waals surface area contributed by atoms with Crippen LogP contribution in [0.2, 0.25) is 0 Å². The number of hydrogen-bond donors (Lipinski definition) is 1. The second-order valence-electron chi connectivity index (χ2n) is 10.3. The molecule has 4 aromatic rings. The second-order valence-corrected chi connectivity index (χ2v) is 10.3. The smallest absolute Gasteiger partial charge is 0.408 e. The zero-order chi connectivity index (χ0) is 24.6. The molecule has 0 bridgehead atoms. The quantitative estimate of drug-likeness (QED) is 0.432. The predicted octanol–water partition coefficient (Wildman–Crippen LogP) is 4.23. The van der Waals surface area contributed by atoms with Crippen molar-refractivity contribution in [2.75, 3.05) is 19.7 Å². The van der Waals surface area contributed by atoms with Crippen LogP contribution in [0.4, 0.5) is 13.2 Å². The monoisotopic (exact) mass is 494 g/mol. The molecule has 3 aliphatic rings. The van der Waals surface area contributed by atoms with Crippen molar-refractivity contribution in [2.24, 2.45) is 23.5 Å². The summed E-state index contributed by atoms with van der Waals surface area (Å²) in [5.74, 6) is 1.99. The number of benzene rings is 1. The average Bonchev–Trinajstić information content (AvgIpc) is 3.67. The van der Waals surface area contributed by atoms with Gasteiger partial charge in [0, 0.05) is 30.7 Å². The molecular formula is C26H25F3N6O. The van der Waals surface area contributed by atoms with Crippen LogP contribution in [0.15, 0.2) is 48.7 Å². The number of halogens is 3. The van der Waals surface area contributed by atoms with E-state index in [1.54, 1.807) is 10.5 Å². The van der Waals surface area contributed by atoms with Crippen LogP contribution in [0, 0.1) is 17.8 Å². The molecule has 1 aliphatic heterocycles. The Morgan fingerprint density at radius 3 is 2.58 bits per heavy atom. The lowest BCUT2D eigenvalue weighted by atomic mass is 10.1.